The molecule has 1 aromatic rings. The number of amides is 1. The molecule has 1 fully saturated rings. The number of carbonyl (C=O) groups excluding carboxylic acids is 1. The monoisotopic (exact) mass is 311 g/mol. The van der Waals surface area contributed by atoms with E-state index >= 15 is 0 Å². The first-order valence-corrected chi connectivity index (χ1v) is 7.15. The van der Waals surface area contributed by atoms with Gasteiger partial charge in [-0.1, -0.05) is 42.5 Å². The first-order chi connectivity index (χ1) is 10.4. The lowest BCUT2D eigenvalue weighted by Gasteiger charge is -2.39. The predicted molar refractivity (Wildman–Crippen MR) is 73.4 cm³/mol. The van der Waals surface area contributed by atoms with Gasteiger partial charge in [0.25, 0.3) is 0 Å². The van der Waals surface area contributed by atoms with E-state index < -0.39 is 29.6 Å². The van der Waals surface area contributed by atoms with Crippen molar-refractivity contribution >= 4 is 5.91 Å². The first-order valence-electron chi connectivity index (χ1n) is 7.15. The van der Waals surface area contributed by atoms with Crippen molar-refractivity contribution in [1.29, 1.82) is 0 Å². The molecule has 0 radical (unpaired) electrons. The molecule has 1 heterocycles. The van der Waals surface area contributed by atoms with Crippen molar-refractivity contribution in [2.45, 2.75) is 31.3 Å². The van der Waals surface area contributed by atoms with Crippen molar-refractivity contribution in [2.75, 3.05) is 0 Å². The highest BCUT2D eigenvalue weighted by molar-refractivity contribution is 5.83. The third-order valence-corrected chi connectivity index (χ3v) is 4.54. The van der Waals surface area contributed by atoms with Crippen LogP contribution in [0.25, 0.3) is 0 Å². The Kier molecular flexibility index (Phi) is 3.51. The van der Waals surface area contributed by atoms with Gasteiger partial charge in [-0.3, -0.25) is 4.79 Å². The summed E-state index contributed by atoms with van der Waals surface area (Å²) in [6, 6.07) is 8.41. The molecule has 118 valence electrons. The maximum Gasteiger partial charge on any atom is 0.437 e. The van der Waals surface area contributed by atoms with Gasteiger partial charge in [-0.25, -0.2) is 0 Å². The number of alkyl halides is 3. The summed E-state index contributed by atoms with van der Waals surface area (Å²) in [5, 5.41) is 10.5. The second-order valence-electron chi connectivity index (χ2n) is 5.79. The summed E-state index contributed by atoms with van der Waals surface area (Å²) in [7, 11) is 0. The van der Waals surface area contributed by atoms with Crippen LogP contribution in [0, 0.1) is 11.8 Å². The zero-order valence-electron chi connectivity index (χ0n) is 11.8. The van der Waals surface area contributed by atoms with E-state index in [9.17, 15) is 23.1 Å². The van der Waals surface area contributed by atoms with Crippen LogP contribution in [-0.4, -0.2) is 27.8 Å². The topological polar surface area (TPSA) is 40.5 Å². The normalized spacial score (nSPS) is 31.5. The average Bonchev–Trinajstić information content (AvgIpc) is 2.72. The summed E-state index contributed by atoms with van der Waals surface area (Å²) in [4.78, 5) is 13.0. The minimum atomic E-state index is -4.89. The van der Waals surface area contributed by atoms with E-state index in [0.29, 0.717) is 10.5 Å². The maximum atomic E-state index is 13.6. The molecule has 3 unspecified atom stereocenters. The van der Waals surface area contributed by atoms with Crippen molar-refractivity contribution in [3.8, 4) is 0 Å². The highest BCUT2D eigenvalue weighted by Crippen LogP contribution is 2.52. The van der Waals surface area contributed by atoms with Gasteiger partial charge in [0.05, 0.1) is 0 Å². The number of nitrogens with zero attached hydrogens (tertiary/aromatic N) is 1. The molecule has 22 heavy (non-hydrogen) atoms. The zero-order valence-corrected chi connectivity index (χ0v) is 11.8. The van der Waals surface area contributed by atoms with Gasteiger partial charge in [0, 0.05) is 18.4 Å². The van der Waals surface area contributed by atoms with Crippen LogP contribution in [0.3, 0.4) is 0 Å². The molecule has 1 amide bonds. The fourth-order valence-electron chi connectivity index (χ4n) is 3.43. The lowest BCUT2D eigenvalue weighted by molar-refractivity contribution is -0.320. The Labute approximate surface area is 126 Å². The van der Waals surface area contributed by atoms with Crippen LogP contribution in [0.1, 0.15) is 18.4 Å². The smallest absolute Gasteiger partial charge is 0.363 e. The summed E-state index contributed by atoms with van der Waals surface area (Å²) >= 11 is 0. The van der Waals surface area contributed by atoms with Crippen molar-refractivity contribution in [3.05, 3.63) is 48.0 Å². The molecule has 1 aliphatic heterocycles. The Hall–Kier alpha value is -1.82. The lowest BCUT2D eigenvalue weighted by atomic mass is 9.79. The van der Waals surface area contributed by atoms with E-state index in [1.165, 1.54) is 0 Å². The van der Waals surface area contributed by atoms with Gasteiger partial charge in [0.2, 0.25) is 11.6 Å². The van der Waals surface area contributed by atoms with Crippen LogP contribution in [0.2, 0.25) is 0 Å². The third kappa shape index (κ3) is 2.13. The number of aliphatic hydroxyl groups is 1. The van der Waals surface area contributed by atoms with Gasteiger partial charge in [0.15, 0.2) is 0 Å². The largest absolute Gasteiger partial charge is 0.437 e. The van der Waals surface area contributed by atoms with Gasteiger partial charge in [-0.15, -0.1) is 0 Å². The number of hydrogen-bond donors (Lipinski definition) is 1. The molecular formula is C16H16F3NO2. The van der Waals surface area contributed by atoms with Crippen molar-refractivity contribution in [1.82, 2.24) is 4.90 Å². The second kappa shape index (κ2) is 5.12. The summed E-state index contributed by atoms with van der Waals surface area (Å²) < 4.78 is 40.7. The summed E-state index contributed by atoms with van der Waals surface area (Å²) in [6.45, 7) is -0.247. The molecule has 3 rings (SSSR count). The highest BCUT2D eigenvalue weighted by Gasteiger charge is 2.70. The van der Waals surface area contributed by atoms with Crippen LogP contribution in [0.15, 0.2) is 42.5 Å². The standard InChI is InChI=1S/C16H16F3NO2/c17-16(18,19)15(22)13-9-5-4-8-12(13)14(21)20(15)10-11-6-2-1-3-7-11/h1-7,12-13,22H,8-10H2. The molecule has 3 nitrogen and oxygen atoms in total. The Bertz CT molecular complexity index is 599. The molecule has 3 atom stereocenters. The van der Waals surface area contributed by atoms with Crippen molar-refractivity contribution in [3.63, 3.8) is 0 Å². The van der Waals surface area contributed by atoms with E-state index in [1.807, 2.05) is 0 Å². The molecule has 0 saturated carbocycles. The fourth-order valence-corrected chi connectivity index (χ4v) is 3.43. The molecule has 1 aliphatic carbocycles. The summed E-state index contributed by atoms with van der Waals surface area (Å²) in [5.41, 5.74) is -2.54. The Morgan fingerprint density at radius 3 is 2.45 bits per heavy atom. The van der Waals surface area contributed by atoms with Crippen molar-refractivity contribution in [2.24, 2.45) is 11.8 Å². The SMILES string of the molecule is O=C1C2CC=CCC2C(O)(C(F)(F)F)N1Cc1ccccc1. The van der Waals surface area contributed by atoms with Crippen LogP contribution >= 0.6 is 0 Å². The molecule has 6 heteroatoms. The number of carbonyl (C=O) groups is 1. The third-order valence-electron chi connectivity index (χ3n) is 4.54. The van der Waals surface area contributed by atoms with E-state index in [4.69, 9.17) is 0 Å². The number of fused-ring (bicyclic) bond motifs is 1. The molecule has 0 spiro atoms. The molecular weight excluding hydrogens is 295 g/mol. The summed E-state index contributed by atoms with van der Waals surface area (Å²) in [6.07, 6.45) is -1.27. The Balaban J connectivity index is 2.01. The minimum absolute atomic E-state index is 0.0533. The number of allylic oxidation sites excluding steroid dienone is 2. The van der Waals surface area contributed by atoms with Gasteiger partial charge in [-0.2, -0.15) is 13.2 Å². The molecule has 1 aromatic carbocycles. The van der Waals surface area contributed by atoms with Crippen LogP contribution in [-0.2, 0) is 11.3 Å². The van der Waals surface area contributed by atoms with E-state index in [2.05, 4.69) is 0 Å². The lowest BCUT2D eigenvalue weighted by Crippen LogP contribution is -2.59. The molecule has 2 aliphatic rings. The van der Waals surface area contributed by atoms with Gasteiger partial charge in [0.1, 0.15) is 0 Å². The molecule has 1 saturated heterocycles. The zero-order chi connectivity index (χ0) is 16.0. The number of benzene rings is 1. The number of hydrogen-bond acceptors (Lipinski definition) is 2. The van der Waals surface area contributed by atoms with Gasteiger partial charge in [-0.05, 0) is 18.4 Å². The van der Waals surface area contributed by atoms with Crippen LogP contribution in [0.5, 0.6) is 0 Å². The second-order valence-corrected chi connectivity index (χ2v) is 5.79. The van der Waals surface area contributed by atoms with E-state index in [1.54, 1.807) is 42.5 Å². The maximum absolute atomic E-state index is 13.6. The summed E-state index contributed by atoms with van der Waals surface area (Å²) in [5.74, 6) is -2.58. The van der Waals surface area contributed by atoms with E-state index in [-0.39, 0.29) is 19.4 Å². The van der Waals surface area contributed by atoms with Crippen LogP contribution in [0.4, 0.5) is 13.2 Å². The molecule has 0 aromatic heterocycles. The first kappa shape index (κ1) is 15.1. The number of likely N-dealkylation sites (tertiary alicyclic amines) is 1. The number of rotatable bonds is 2. The van der Waals surface area contributed by atoms with Crippen LogP contribution < -0.4 is 0 Å². The van der Waals surface area contributed by atoms with Crippen molar-refractivity contribution < 1.29 is 23.1 Å². The molecule has 0 bridgehead atoms. The average molecular weight is 311 g/mol. The quantitative estimate of drug-likeness (QED) is 0.853. The Morgan fingerprint density at radius 1 is 1.18 bits per heavy atom. The number of halogens is 3. The van der Waals surface area contributed by atoms with Gasteiger partial charge >= 0.3 is 6.18 Å². The fraction of sp³-hybridized carbons (Fsp3) is 0.438. The predicted octanol–water partition coefficient (Wildman–Crippen LogP) is 2.86. The Morgan fingerprint density at radius 2 is 1.82 bits per heavy atom. The van der Waals surface area contributed by atoms with Gasteiger partial charge < -0.3 is 10.0 Å². The minimum Gasteiger partial charge on any atom is -0.363 e. The highest BCUT2D eigenvalue weighted by atomic mass is 19.4. The van der Waals surface area contributed by atoms with E-state index in [0.717, 1.165) is 0 Å². The molecule has 1 N–H and O–H groups in total.